The molecular formula is C21H40IN7. The van der Waals surface area contributed by atoms with Gasteiger partial charge in [0.25, 0.3) is 0 Å². The van der Waals surface area contributed by atoms with Crippen molar-refractivity contribution in [3.05, 3.63) is 11.6 Å². The van der Waals surface area contributed by atoms with Gasteiger partial charge in [-0.05, 0) is 44.7 Å². The van der Waals surface area contributed by atoms with Crippen LogP contribution in [0.15, 0.2) is 4.99 Å². The SMILES string of the molecule is CN=C(NCc1nnc2n1CCCCC2)NCC(C(C)C)N1CCCCCC1.I. The van der Waals surface area contributed by atoms with Crippen LogP contribution in [-0.4, -0.2) is 58.3 Å². The average molecular weight is 518 g/mol. The molecule has 0 spiro atoms. The van der Waals surface area contributed by atoms with Gasteiger partial charge in [-0.1, -0.05) is 33.1 Å². The Morgan fingerprint density at radius 2 is 1.66 bits per heavy atom. The Balaban J connectivity index is 0.00000300. The minimum Gasteiger partial charge on any atom is -0.355 e. The van der Waals surface area contributed by atoms with Crippen molar-refractivity contribution in [2.24, 2.45) is 10.9 Å². The van der Waals surface area contributed by atoms with Crippen LogP contribution in [0.2, 0.25) is 0 Å². The van der Waals surface area contributed by atoms with Crippen LogP contribution in [0, 0.1) is 5.92 Å². The van der Waals surface area contributed by atoms with Crippen LogP contribution in [-0.2, 0) is 19.5 Å². The highest BCUT2D eigenvalue weighted by molar-refractivity contribution is 14.0. The summed E-state index contributed by atoms with van der Waals surface area (Å²) in [4.78, 5) is 7.11. The number of aryl methyl sites for hydroxylation is 1. The summed E-state index contributed by atoms with van der Waals surface area (Å²) in [7, 11) is 1.84. The monoisotopic (exact) mass is 517 g/mol. The zero-order chi connectivity index (χ0) is 19.8. The molecule has 0 saturated carbocycles. The molecule has 1 saturated heterocycles. The predicted octanol–water partition coefficient (Wildman–Crippen LogP) is 3.19. The van der Waals surface area contributed by atoms with Crippen molar-refractivity contribution in [2.75, 3.05) is 26.7 Å². The van der Waals surface area contributed by atoms with Crippen molar-refractivity contribution >= 4 is 29.9 Å². The molecular weight excluding hydrogens is 477 g/mol. The summed E-state index contributed by atoms with van der Waals surface area (Å²) < 4.78 is 2.29. The van der Waals surface area contributed by atoms with Crippen molar-refractivity contribution in [1.29, 1.82) is 0 Å². The van der Waals surface area contributed by atoms with Crippen LogP contribution >= 0.6 is 24.0 Å². The molecule has 166 valence electrons. The van der Waals surface area contributed by atoms with E-state index in [2.05, 4.69) is 49.1 Å². The molecule has 29 heavy (non-hydrogen) atoms. The van der Waals surface area contributed by atoms with E-state index in [1.807, 2.05) is 7.05 Å². The third kappa shape index (κ3) is 7.08. The first-order valence-corrected chi connectivity index (χ1v) is 11.3. The van der Waals surface area contributed by atoms with Crippen molar-refractivity contribution in [1.82, 2.24) is 30.3 Å². The number of nitrogens with one attached hydrogen (secondary N) is 2. The first kappa shape index (κ1) is 24.4. The molecule has 0 radical (unpaired) electrons. The van der Waals surface area contributed by atoms with Gasteiger partial charge in [-0.2, -0.15) is 0 Å². The van der Waals surface area contributed by atoms with Crippen LogP contribution < -0.4 is 10.6 Å². The van der Waals surface area contributed by atoms with Crippen molar-refractivity contribution < 1.29 is 0 Å². The molecule has 0 aromatic carbocycles. The van der Waals surface area contributed by atoms with E-state index >= 15 is 0 Å². The van der Waals surface area contributed by atoms with E-state index in [1.165, 1.54) is 58.0 Å². The standard InChI is InChI=1S/C21H39N7.HI/c1-17(2)18(27-12-8-4-5-9-13-27)15-23-21(22-3)24-16-20-26-25-19-11-7-6-10-14-28(19)20;/h17-18H,4-16H2,1-3H3,(H2,22,23,24);1H. The lowest BCUT2D eigenvalue weighted by Gasteiger charge is -2.34. The number of halogens is 1. The molecule has 2 aliphatic heterocycles. The molecule has 1 atom stereocenters. The molecule has 7 nitrogen and oxygen atoms in total. The Labute approximate surface area is 193 Å². The Bertz CT molecular complexity index is 621. The van der Waals surface area contributed by atoms with Gasteiger partial charge in [-0.15, -0.1) is 34.2 Å². The quantitative estimate of drug-likeness (QED) is 0.345. The molecule has 3 rings (SSSR count). The fourth-order valence-corrected chi connectivity index (χ4v) is 4.47. The number of rotatable bonds is 6. The van der Waals surface area contributed by atoms with Gasteiger partial charge in [0.1, 0.15) is 5.82 Å². The number of guanidine groups is 1. The summed E-state index contributed by atoms with van der Waals surface area (Å²) in [5.41, 5.74) is 0. The second kappa shape index (κ2) is 12.7. The number of aromatic nitrogens is 3. The van der Waals surface area contributed by atoms with E-state index in [9.17, 15) is 0 Å². The van der Waals surface area contributed by atoms with Crippen molar-refractivity contribution in [3.63, 3.8) is 0 Å². The van der Waals surface area contributed by atoms with Gasteiger partial charge >= 0.3 is 0 Å². The summed E-state index contributed by atoms with van der Waals surface area (Å²) in [6.45, 7) is 9.75. The molecule has 3 heterocycles. The predicted molar refractivity (Wildman–Crippen MR) is 130 cm³/mol. The Morgan fingerprint density at radius 1 is 0.966 bits per heavy atom. The van der Waals surface area contributed by atoms with E-state index in [4.69, 9.17) is 0 Å². The molecule has 2 aliphatic rings. The van der Waals surface area contributed by atoms with Crippen LogP contribution in [0.25, 0.3) is 0 Å². The van der Waals surface area contributed by atoms with E-state index in [0.717, 1.165) is 37.1 Å². The van der Waals surface area contributed by atoms with Gasteiger partial charge in [-0.3, -0.25) is 9.89 Å². The molecule has 2 N–H and O–H groups in total. The second-order valence-electron chi connectivity index (χ2n) is 8.56. The maximum Gasteiger partial charge on any atom is 0.191 e. The minimum absolute atomic E-state index is 0. The van der Waals surface area contributed by atoms with Gasteiger partial charge in [0, 0.05) is 32.6 Å². The lowest BCUT2D eigenvalue weighted by molar-refractivity contribution is 0.161. The minimum atomic E-state index is 0. The van der Waals surface area contributed by atoms with Gasteiger partial charge in [0.05, 0.1) is 6.54 Å². The van der Waals surface area contributed by atoms with Crippen LogP contribution in [0.1, 0.15) is 70.4 Å². The van der Waals surface area contributed by atoms with E-state index in [1.54, 1.807) is 0 Å². The number of aliphatic imine (C=N–C) groups is 1. The topological polar surface area (TPSA) is 70.4 Å². The van der Waals surface area contributed by atoms with Gasteiger partial charge < -0.3 is 15.2 Å². The summed E-state index contributed by atoms with van der Waals surface area (Å²) in [6, 6.07) is 0.543. The molecule has 1 unspecified atom stereocenters. The Kier molecular flexibility index (Phi) is 10.7. The number of likely N-dealkylation sites (tertiary alicyclic amines) is 1. The van der Waals surface area contributed by atoms with Crippen LogP contribution in [0.5, 0.6) is 0 Å². The highest BCUT2D eigenvalue weighted by Crippen LogP contribution is 2.17. The Hall–Kier alpha value is -0.900. The lowest BCUT2D eigenvalue weighted by atomic mass is 10.0. The molecule has 1 fully saturated rings. The molecule has 0 aliphatic carbocycles. The van der Waals surface area contributed by atoms with Crippen molar-refractivity contribution in [2.45, 2.75) is 84.3 Å². The largest absolute Gasteiger partial charge is 0.355 e. The zero-order valence-corrected chi connectivity index (χ0v) is 20.8. The number of nitrogens with zero attached hydrogens (tertiary/aromatic N) is 5. The Morgan fingerprint density at radius 3 is 2.34 bits per heavy atom. The smallest absolute Gasteiger partial charge is 0.191 e. The third-order valence-corrected chi connectivity index (χ3v) is 6.18. The zero-order valence-electron chi connectivity index (χ0n) is 18.5. The molecule has 1 aromatic heterocycles. The van der Waals surface area contributed by atoms with Gasteiger partial charge in [0.15, 0.2) is 11.8 Å². The van der Waals surface area contributed by atoms with Gasteiger partial charge in [0.2, 0.25) is 0 Å². The summed E-state index contributed by atoms with van der Waals surface area (Å²) >= 11 is 0. The molecule has 1 aromatic rings. The lowest BCUT2D eigenvalue weighted by Crippen LogP contribution is -2.49. The fraction of sp³-hybridized carbons (Fsp3) is 0.857. The fourth-order valence-electron chi connectivity index (χ4n) is 4.47. The summed E-state index contributed by atoms with van der Waals surface area (Å²) in [5.74, 6) is 3.63. The highest BCUT2D eigenvalue weighted by Gasteiger charge is 2.23. The highest BCUT2D eigenvalue weighted by atomic mass is 127. The molecule has 0 amide bonds. The maximum absolute atomic E-state index is 4.43. The third-order valence-electron chi connectivity index (χ3n) is 6.18. The number of fused-ring (bicyclic) bond motifs is 1. The summed E-state index contributed by atoms with van der Waals surface area (Å²) in [5, 5.41) is 15.8. The number of hydrogen-bond acceptors (Lipinski definition) is 4. The summed E-state index contributed by atoms with van der Waals surface area (Å²) in [6.07, 6.45) is 10.2. The number of hydrogen-bond donors (Lipinski definition) is 2. The maximum atomic E-state index is 4.43. The molecule has 8 heteroatoms. The van der Waals surface area contributed by atoms with Crippen molar-refractivity contribution in [3.8, 4) is 0 Å². The molecule has 0 bridgehead atoms. The average Bonchev–Trinajstić information content (AvgIpc) is 2.90. The normalized spacial score (nSPS) is 19.7. The van der Waals surface area contributed by atoms with E-state index in [0.29, 0.717) is 18.5 Å². The van der Waals surface area contributed by atoms with E-state index in [-0.39, 0.29) is 24.0 Å². The second-order valence-corrected chi connectivity index (χ2v) is 8.56. The van der Waals surface area contributed by atoms with Crippen LogP contribution in [0.4, 0.5) is 0 Å². The van der Waals surface area contributed by atoms with Crippen LogP contribution in [0.3, 0.4) is 0 Å². The first-order valence-electron chi connectivity index (χ1n) is 11.3. The van der Waals surface area contributed by atoms with E-state index < -0.39 is 0 Å². The first-order chi connectivity index (χ1) is 13.7. The van der Waals surface area contributed by atoms with Gasteiger partial charge in [-0.25, -0.2) is 0 Å².